The van der Waals surface area contributed by atoms with Crippen LogP contribution < -0.4 is 9.62 Å². The van der Waals surface area contributed by atoms with Crippen LogP contribution in [0.25, 0.3) is 0 Å². The van der Waals surface area contributed by atoms with Gasteiger partial charge in [0, 0.05) is 10.2 Å². The van der Waals surface area contributed by atoms with Crippen LogP contribution in [0.3, 0.4) is 0 Å². The lowest BCUT2D eigenvalue weighted by atomic mass is 10.2. The van der Waals surface area contributed by atoms with Gasteiger partial charge in [-0.3, -0.25) is 9.10 Å². The molecule has 0 aromatic heterocycles. The Balaban J connectivity index is 2.31. The minimum atomic E-state index is -3.86. The molecular formula is C16H16BrFN2O3S. The van der Waals surface area contributed by atoms with E-state index in [4.69, 9.17) is 0 Å². The van der Waals surface area contributed by atoms with Gasteiger partial charge in [0.05, 0.1) is 11.9 Å². The standard InChI is InChI=1S/C16H16BrFN2O3S/c1-11(16(21)19-13-9-7-12(17)8-10-13)20(24(2,22)23)15-6-4-3-5-14(15)18/h3-11H,1-2H3,(H,19,21)/t11-/m0/s1. The maximum Gasteiger partial charge on any atom is 0.247 e. The topological polar surface area (TPSA) is 66.5 Å². The fourth-order valence-electron chi connectivity index (χ4n) is 2.19. The summed E-state index contributed by atoms with van der Waals surface area (Å²) in [4.78, 5) is 12.4. The maximum absolute atomic E-state index is 14.0. The number of sulfonamides is 1. The van der Waals surface area contributed by atoms with Gasteiger partial charge in [-0.25, -0.2) is 12.8 Å². The van der Waals surface area contributed by atoms with Crippen molar-refractivity contribution >= 4 is 43.2 Å². The Hall–Kier alpha value is -1.93. The molecule has 0 fully saturated rings. The van der Waals surface area contributed by atoms with Crippen LogP contribution in [0, 0.1) is 5.82 Å². The highest BCUT2D eigenvalue weighted by molar-refractivity contribution is 9.10. The number of hydrogen-bond donors (Lipinski definition) is 1. The molecule has 0 aliphatic heterocycles. The Labute approximate surface area is 148 Å². The van der Waals surface area contributed by atoms with Crippen molar-refractivity contribution < 1.29 is 17.6 Å². The number of benzene rings is 2. The van der Waals surface area contributed by atoms with E-state index in [1.54, 1.807) is 24.3 Å². The SMILES string of the molecule is C[C@@H](C(=O)Nc1ccc(Br)cc1)N(c1ccccc1F)S(C)(=O)=O. The first-order valence-electron chi connectivity index (χ1n) is 7.00. The molecule has 0 saturated carbocycles. The molecule has 1 atom stereocenters. The van der Waals surface area contributed by atoms with Crippen molar-refractivity contribution in [3.05, 3.63) is 58.8 Å². The van der Waals surface area contributed by atoms with Crippen molar-refractivity contribution in [2.45, 2.75) is 13.0 Å². The molecule has 2 aromatic carbocycles. The van der Waals surface area contributed by atoms with Gasteiger partial charge in [0.1, 0.15) is 11.9 Å². The fraction of sp³-hybridized carbons (Fsp3) is 0.188. The van der Waals surface area contributed by atoms with Crippen molar-refractivity contribution in [1.29, 1.82) is 0 Å². The van der Waals surface area contributed by atoms with Crippen molar-refractivity contribution in [1.82, 2.24) is 0 Å². The van der Waals surface area contributed by atoms with Gasteiger partial charge in [-0.15, -0.1) is 0 Å². The minimum Gasteiger partial charge on any atom is -0.324 e. The van der Waals surface area contributed by atoms with Crippen LogP contribution in [0.2, 0.25) is 0 Å². The largest absolute Gasteiger partial charge is 0.324 e. The molecule has 1 amide bonds. The van der Waals surface area contributed by atoms with Crippen molar-refractivity contribution in [3.63, 3.8) is 0 Å². The molecule has 0 unspecified atom stereocenters. The Bertz CT molecular complexity index is 841. The summed E-state index contributed by atoms with van der Waals surface area (Å²) in [5, 5.41) is 2.62. The van der Waals surface area contributed by atoms with E-state index in [2.05, 4.69) is 21.2 Å². The summed E-state index contributed by atoms with van der Waals surface area (Å²) in [6.45, 7) is 1.40. The summed E-state index contributed by atoms with van der Waals surface area (Å²) in [5.74, 6) is -1.28. The second-order valence-electron chi connectivity index (χ2n) is 5.18. The highest BCUT2D eigenvalue weighted by Gasteiger charge is 2.30. The number of halogens is 2. The Morgan fingerprint density at radius 1 is 1.17 bits per heavy atom. The monoisotopic (exact) mass is 414 g/mol. The number of nitrogens with one attached hydrogen (secondary N) is 1. The number of hydrogen-bond acceptors (Lipinski definition) is 3. The number of carbonyl (C=O) groups excluding carboxylic acids is 1. The zero-order valence-electron chi connectivity index (χ0n) is 13.0. The number of anilines is 2. The van der Waals surface area contributed by atoms with Gasteiger partial charge in [0.25, 0.3) is 0 Å². The normalized spacial score (nSPS) is 12.5. The molecule has 8 heteroatoms. The van der Waals surface area contributed by atoms with E-state index >= 15 is 0 Å². The number of rotatable bonds is 5. The molecule has 2 rings (SSSR count). The Morgan fingerprint density at radius 2 is 1.75 bits per heavy atom. The van der Waals surface area contributed by atoms with Crippen LogP contribution in [0.5, 0.6) is 0 Å². The molecule has 128 valence electrons. The van der Waals surface area contributed by atoms with Gasteiger partial charge in [0.15, 0.2) is 0 Å². The molecule has 24 heavy (non-hydrogen) atoms. The molecule has 5 nitrogen and oxygen atoms in total. The molecule has 0 aliphatic carbocycles. The first-order valence-corrected chi connectivity index (χ1v) is 9.64. The Kier molecular flexibility index (Phi) is 5.61. The summed E-state index contributed by atoms with van der Waals surface area (Å²) in [6.07, 6.45) is 0.933. The van der Waals surface area contributed by atoms with Crippen LogP contribution in [-0.2, 0) is 14.8 Å². The predicted molar refractivity (Wildman–Crippen MR) is 96.0 cm³/mol. The third kappa shape index (κ3) is 4.33. The van der Waals surface area contributed by atoms with Gasteiger partial charge in [-0.05, 0) is 43.3 Å². The van der Waals surface area contributed by atoms with E-state index in [1.807, 2.05) is 0 Å². The highest BCUT2D eigenvalue weighted by atomic mass is 79.9. The summed E-state index contributed by atoms with van der Waals surface area (Å²) >= 11 is 3.29. The van der Waals surface area contributed by atoms with Crippen LogP contribution in [0.15, 0.2) is 53.0 Å². The molecule has 0 bridgehead atoms. The molecule has 0 spiro atoms. The van der Waals surface area contributed by atoms with Crippen molar-refractivity contribution in [2.75, 3.05) is 15.9 Å². The van der Waals surface area contributed by atoms with Gasteiger partial charge < -0.3 is 5.32 Å². The lowest BCUT2D eigenvalue weighted by Gasteiger charge is -2.28. The van der Waals surface area contributed by atoms with E-state index < -0.39 is 27.8 Å². The predicted octanol–water partition coefficient (Wildman–Crippen LogP) is 3.38. The molecule has 0 heterocycles. The van der Waals surface area contributed by atoms with Crippen LogP contribution >= 0.6 is 15.9 Å². The van der Waals surface area contributed by atoms with Crippen LogP contribution in [-0.4, -0.2) is 26.6 Å². The average molecular weight is 415 g/mol. The summed E-state index contributed by atoms with van der Waals surface area (Å²) < 4.78 is 39.8. The van der Waals surface area contributed by atoms with E-state index in [0.717, 1.165) is 21.1 Å². The Morgan fingerprint density at radius 3 is 2.29 bits per heavy atom. The van der Waals surface area contributed by atoms with Gasteiger partial charge in [0.2, 0.25) is 15.9 Å². The molecule has 2 aromatic rings. The molecule has 0 saturated heterocycles. The number of amides is 1. The lowest BCUT2D eigenvalue weighted by molar-refractivity contribution is -0.116. The van der Waals surface area contributed by atoms with E-state index in [-0.39, 0.29) is 5.69 Å². The molecule has 0 aliphatic rings. The van der Waals surface area contributed by atoms with Crippen molar-refractivity contribution in [3.8, 4) is 0 Å². The van der Waals surface area contributed by atoms with Gasteiger partial charge in [-0.2, -0.15) is 0 Å². The van der Waals surface area contributed by atoms with Crippen molar-refractivity contribution in [2.24, 2.45) is 0 Å². The van der Waals surface area contributed by atoms with Gasteiger partial charge >= 0.3 is 0 Å². The van der Waals surface area contributed by atoms with E-state index in [9.17, 15) is 17.6 Å². The summed E-state index contributed by atoms with van der Waals surface area (Å²) in [5.41, 5.74) is 0.343. The number of carbonyl (C=O) groups is 1. The quantitative estimate of drug-likeness (QED) is 0.815. The smallest absolute Gasteiger partial charge is 0.247 e. The maximum atomic E-state index is 14.0. The zero-order chi connectivity index (χ0) is 17.9. The summed E-state index contributed by atoms with van der Waals surface area (Å²) in [7, 11) is -3.86. The zero-order valence-corrected chi connectivity index (χ0v) is 15.4. The fourth-order valence-corrected chi connectivity index (χ4v) is 3.63. The lowest BCUT2D eigenvalue weighted by Crippen LogP contribution is -2.45. The first-order chi connectivity index (χ1) is 11.2. The minimum absolute atomic E-state index is 0.168. The van der Waals surface area contributed by atoms with Gasteiger partial charge in [-0.1, -0.05) is 28.1 Å². The third-order valence-electron chi connectivity index (χ3n) is 3.29. The van der Waals surface area contributed by atoms with Crippen LogP contribution in [0.1, 0.15) is 6.92 Å². The van der Waals surface area contributed by atoms with E-state index in [0.29, 0.717) is 5.69 Å². The molecule has 0 radical (unpaired) electrons. The van der Waals surface area contributed by atoms with Crippen LogP contribution in [0.4, 0.5) is 15.8 Å². The highest BCUT2D eigenvalue weighted by Crippen LogP contribution is 2.24. The second kappa shape index (κ2) is 7.31. The molecule has 1 N–H and O–H groups in total. The number of nitrogens with zero attached hydrogens (tertiary/aromatic N) is 1. The summed E-state index contributed by atoms with van der Waals surface area (Å²) in [6, 6.07) is 11.1. The number of para-hydroxylation sites is 1. The average Bonchev–Trinajstić information content (AvgIpc) is 2.50. The first kappa shape index (κ1) is 18.4. The second-order valence-corrected chi connectivity index (χ2v) is 7.96. The third-order valence-corrected chi connectivity index (χ3v) is 5.05. The molecular weight excluding hydrogens is 399 g/mol. The van der Waals surface area contributed by atoms with E-state index in [1.165, 1.54) is 25.1 Å².